The Hall–Kier alpha value is -1.51. The summed E-state index contributed by atoms with van der Waals surface area (Å²) >= 11 is 0. The molecule has 60 heavy (non-hydrogen) atoms. The number of phosphoric acid groups is 1. The molecule has 9 nitrogen and oxygen atoms in total. The molecule has 0 amide bonds. The number of nitrogens with two attached hydrogens (primary N) is 1. The zero-order chi connectivity index (χ0) is 43.9. The van der Waals surface area contributed by atoms with Crippen molar-refractivity contribution in [2.45, 2.75) is 258 Å². The highest BCUT2D eigenvalue weighted by Crippen LogP contribution is 2.43. The van der Waals surface area contributed by atoms with Crippen LogP contribution in [0.1, 0.15) is 251 Å². The molecule has 354 valence electrons. The Balaban J connectivity index is 4.03. The van der Waals surface area contributed by atoms with Crippen molar-refractivity contribution in [3.63, 3.8) is 0 Å². The van der Waals surface area contributed by atoms with Gasteiger partial charge in [-0.15, -0.1) is 0 Å². The van der Waals surface area contributed by atoms with Crippen LogP contribution >= 0.6 is 7.82 Å². The first-order valence-corrected chi connectivity index (χ1v) is 26.8. The molecule has 0 rings (SSSR count). The van der Waals surface area contributed by atoms with Gasteiger partial charge in [-0.3, -0.25) is 18.6 Å². The molecule has 0 heterocycles. The number of carbonyl (C=O) groups is 2. The largest absolute Gasteiger partial charge is 0.472 e. The average molecular weight is 870 g/mol. The molecule has 10 heteroatoms. The SMILES string of the molecule is CCCCC/C=C/C/C=C/CCCCCCCCCCCC(=O)OC[C@H](COP(=O)(O)OCCN)OC(=O)CCCCCCCCCCCCCCCCCCCCCC. The van der Waals surface area contributed by atoms with Gasteiger partial charge in [-0.05, 0) is 44.9 Å². The number of allylic oxidation sites excluding steroid dienone is 4. The van der Waals surface area contributed by atoms with Crippen LogP contribution in [0.2, 0.25) is 0 Å². The van der Waals surface area contributed by atoms with Crippen molar-refractivity contribution < 1.29 is 37.6 Å². The molecule has 1 unspecified atom stereocenters. The van der Waals surface area contributed by atoms with Crippen LogP contribution in [-0.2, 0) is 32.7 Å². The van der Waals surface area contributed by atoms with Crippen molar-refractivity contribution in [2.75, 3.05) is 26.4 Å². The van der Waals surface area contributed by atoms with E-state index in [0.717, 1.165) is 38.5 Å². The molecule has 0 aliphatic carbocycles. The summed E-state index contributed by atoms with van der Waals surface area (Å²) in [7, 11) is -4.38. The van der Waals surface area contributed by atoms with Gasteiger partial charge in [0.25, 0.3) is 0 Å². The number of carbonyl (C=O) groups excluding carboxylic acids is 2. The van der Waals surface area contributed by atoms with Gasteiger partial charge in [0.2, 0.25) is 0 Å². The van der Waals surface area contributed by atoms with E-state index in [0.29, 0.717) is 6.42 Å². The van der Waals surface area contributed by atoms with Gasteiger partial charge in [0.05, 0.1) is 13.2 Å². The number of rotatable bonds is 48. The van der Waals surface area contributed by atoms with Crippen LogP contribution in [0.5, 0.6) is 0 Å². The smallest absolute Gasteiger partial charge is 0.462 e. The Morgan fingerprint density at radius 1 is 0.500 bits per heavy atom. The first-order valence-electron chi connectivity index (χ1n) is 25.3. The lowest BCUT2D eigenvalue weighted by atomic mass is 10.0. The van der Waals surface area contributed by atoms with E-state index in [1.165, 1.54) is 180 Å². The highest BCUT2D eigenvalue weighted by atomic mass is 31.2. The van der Waals surface area contributed by atoms with Gasteiger partial charge in [0.15, 0.2) is 6.10 Å². The first-order chi connectivity index (χ1) is 29.3. The van der Waals surface area contributed by atoms with Crippen LogP contribution in [0.25, 0.3) is 0 Å². The zero-order valence-electron chi connectivity index (χ0n) is 39.2. The molecule has 0 aromatic carbocycles. The lowest BCUT2D eigenvalue weighted by Gasteiger charge is -2.19. The molecule has 2 atom stereocenters. The second-order valence-corrected chi connectivity index (χ2v) is 18.5. The maximum Gasteiger partial charge on any atom is 0.472 e. The molecule has 0 aliphatic heterocycles. The summed E-state index contributed by atoms with van der Waals surface area (Å²) in [5.41, 5.74) is 5.37. The maximum atomic E-state index is 12.6. The number of esters is 2. The van der Waals surface area contributed by atoms with Crippen LogP contribution in [0, 0.1) is 0 Å². The minimum absolute atomic E-state index is 0.0549. The molecule has 0 aromatic rings. The molecule has 0 radical (unpaired) electrons. The Kier molecular flexibility index (Phi) is 45.8. The van der Waals surface area contributed by atoms with Gasteiger partial charge in [0.1, 0.15) is 6.61 Å². The van der Waals surface area contributed by atoms with Crippen LogP contribution in [0.4, 0.5) is 0 Å². The third kappa shape index (κ3) is 46.0. The fourth-order valence-corrected chi connectivity index (χ4v) is 8.08. The van der Waals surface area contributed by atoms with E-state index in [1.54, 1.807) is 0 Å². The summed E-state index contributed by atoms with van der Waals surface area (Å²) in [5, 5.41) is 0. The van der Waals surface area contributed by atoms with Crippen LogP contribution in [-0.4, -0.2) is 49.3 Å². The zero-order valence-corrected chi connectivity index (χ0v) is 40.1. The van der Waals surface area contributed by atoms with Crippen molar-refractivity contribution in [3.05, 3.63) is 24.3 Å². The molecule has 0 spiro atoms. The Bertz CT molecular complexity index is 1040. The summed E-state index contributed by atoms with van der Waals surface area (Å²) in [6.45, 7) is 3.75. The first kappa shape index (κ1) is 58.5. The van der Waals surface area contributed by atoms with Gasteiger partial charge in [-0.25, -0.2) is 4.57 Å². The van der Waals surface area contributed by atoms with E-state index in [2.05, 4.69) is 38.2 Å². The third-order valence-corrected chi connectivity index (χ3v) is 12.1. The van der Waals surface area contributed by atoms with Crippen LogP contribution < -0.4 is 5.73 Å². The molecular weight excluding hydrogens is 774 g/mol. The molecular formula is C50H96NO8P. The molecule has 0 saturated heterocycles. The number of ether oxygens (including phenoxy) is 2. The highest BCUT2D eigenvalue weighted by molar-refractivity contribution is 7.47. The number of phosphoric ester groups is 1. The van der Waals surface area contributed by atoms with E-state index in [-0.39, 0.29) is 38.6 Å². The molecule has 3 N–H and O–H groups in total. The average Bonchev–Trinajstić information content (AvgIpc) is 3.24. The Labute approximate surface area is 370 Å². The van der Waals surface area contributed by atoms with Gasteiger partial charge in [0, 0.05) is 19.4 Å². The summed E-state index contributed by atoms with van der Waals surface area (Å²) < 4.78 is 32.9. The predicted octanol–water partition coefficient (Wildman–Crippen LogP) is 15.1. The summed E-state index contributed by atoms with van der Waals surface area (Å²) in [4.78, 5) is 35.0. The number of hydrogen-bond donors (Lipinski definition) is 2. The second-order valence-electron chi connectivity index (χ2n) is 17.0. The van der Waals surface area contributed by atoms with Crippen molar-refractivity contribution in [1.82, 2.24) is 0 Å². The Morgan fingerprint density at radius 3 is 1.30 bits per heavy atom. The van der Waals surface area contributed by atoms with Gasteiger partial charge < -0.3 is 20.1 Å². The number of hydrogen-bond acceptors (Lipinski definition) is 8. The van der Waals surface area contributed by atoms with Gasteiger partial charge in [-0.1, -0.05) is 218 Å². The minimum Gasteiger partial charge on any atom is -0.462 e. The number of unbranched alkanes of at least 4 members (excludes halogenated alkanes) is 31. The fourth-order valence-electron chi connectivity index (χ4n) is 7.31. The van der Waals surface area contributed by atoms with E-state index < -0.39 is 26.5 Å². The quantitative estimate of drug-likeness (QED) is 0.0265. The summed E-state index contributed by atoms with van der Waals surface area (Å²) in [5.74, 6) is -0.820. The standard InChI is InChI=1S/C50H96NO8P/c1-3-5-7-9-11-13-15-17-19-21-23-25-27-29-31-33-35-37-39-41-43-50(53)59-48(47-58-60(54,55)57-45-44-51)46-56-49(52)42-40-38-36-34-32-30-28-26-24-22-20-18-16-14-12-10-8-6-4-2/h12,14,18,20,48H,3-11,13,15-17,19,21-47,51H2,1-2H3,(H,54,55)/b14-12+,20-18+/t48-/m1/s1. The Morgan fingerprint density at radius 2 is 0.867 bits per heavy atom. The van der Waals surface area contributed by atoms with E-state index in [4.69, 9.17) is 24.3 Å². The normalized spacial score (nSPS) is 13.3. The minimum atomic E-state index is -4.38. The molecule has 0 fully saturated rings. The lowest BCUT2D eigenvalue weighted by molar-refractivity contribution is -0.161. The topological polar surface area (TPSA) is 134 Å². The van der Waals surface area contributed by atoms with E-state index >= 15 is 0 Å². The third-order valence-electron chi connectivity index (χ3n) is 11.1. The monoisotopic (exact) mass is 870 g/mol. The van der Waals surface area contributed by atoms with Crippen LogP contribution in [0.15, 0.2) is 24.3 Å². The molecule has 0 saturated carbocycles. The lowest BCUT2D eigenvalue weighted by Crippen LogP contribution is -2.29. The van der Waals surface area contributed by atoms with E-state index in [9.17, 15) is 19.0 Å². The highest BCUT2D eigenvalue weighted by Gasteiger charge is 2.26. The van der Waals surface area contributed by atoms with Crippen molar-refractivity contribution in [2.24, 2.45) is 5.73 Å². The predicted molar refractivity (Wildman–Crippen MR) is 252 cm³/mol. The molecule has 0 aliphatic rings. The summed E-state index contributed by atoms with van der Waals surface area (Å²) in [6, 6.07) is 0. The molecule has 0 bridgehead atoms. The van der Waals surface area contributed by atoms with Crippen molar-refractivity contribution in [3.8, 4) is 0 Å². The van der Waals surface area contributed by atoms with E-state index in [1.807, 2.05) is 0 Å². The van der Waals surface area contributed by atoms with Crippen molar-refractivity contribution in [1.29, 1.82) is 0 Å². The second kappa shape index (κ2) is 47.0. The van der Waals surface area contributed by atoms with Crippen LogP contribution in [0.3, 0.4) is 0 Å². The van der Waals surface area contributed by atoms with Gasteiger partial charge in [-0.2, -0.15) is 0 Å². The maximum absolute atomic E-state index is 12.6. The summed E-state index contributed by atoms with van der Waals surface area (Å²) in [6.07, 6.45) is 52.1. The fraction of sp³-hybridized carbons (Fsp3) is 0.880. The van der Waals surface area contributed by atoms with Crippen molar-refractivity contribution >= 4 is 19.8 Å². The van der Waals surface area contributed by atoms with Gasteiger partial charge >= 0.3 is 19.8 Å². The molecule has 0 aromatic heterocycles.